The average Bonchev–Trinajstić information content (AvgIpc) is 3.50. The van der Waals surface area contributed by atoms with Crippen molar-refractivity contribution in [2.75, 3.05) is 0 Å². The normalized spacial score (nSPS) is 10.9. The number of rotatable bonds is 5. The third-order valence-corrected chi connectivity index (χ3v) is 6.51. The smallest absolute Gasteiger partial charge is 0.266 e. The van der Waals surface area contributed by atoms with Crippen molar-refractivity contribution in [1.29, 1.82) is 5.26 Å². The first-order valence-electron chi connectivity index (χ1n) is 9.36. The monoisotopic (exact) mass is 442 g/mol. The minimum atomic E-state index is -0.146. The van der Waals surface area contributed by atoms with Gasteiger partial charge in [0.15, 0.2) is 15.9 Å². The van der Waals surface area contributed by atoms with Crippen LogP contribution in [0.25, 0.3) is 27.4 Å². The number of fused-ring (bicyclic) bond motifs is 1. The second-order valence-corrected chi connectivity index (χ2v) is 8.42. The van der Waals surface area contributed by atoms with Crippen LogP contribution >= 0.6 is 23.1 Å². The Kier molecular flexibility index (Phi) is 5.12. The number of hydrogen-bond donors (Lipinski definition) is 0. The fourth-order valence-corrected chi connectivity index (χ4v) is 4.94. The molecule has 0 bridgehead atoms. The van der Waals surface area contributed by atoms with Crippen LogP contribution in [-0.4, -0.2) is 14.5 Å². The zero-order chi connectivity index (χ0) is 21.2. The Labute approximate surface area is 185 Å². The van der Waals surface area contributed by atoms with Crippen LogP contribution in [0, 0.1) is 11.3 Å². The first kappa shape index (κ1) is 19.3. The van der Waals surface area contributed by atoms with Crippen molar-refractivity contribution in [2.24, 2.45) is 0 Å². The Balaban J connectivity index is 1.54. The molecule has 0 aliphatic rings. The van der Waals surface area contributed by atoms with Crippen LogP contribution in [-0.2, 0) is 5.75 Å². The van der Waals surface area contributed by atoms with E-state index < -0.39 is 0 Å². The summed E-state index contributed by atoms with van der Waals surface area (Å²) < 4.78 is 7.01. The van der Waals surface area contributed by atoms with Crippen molar-refractivity contribution in [3.05, 3.63) is 93.9 Å². The Morgan fingerprint density at radius 2 is 1.90 bits per heavy atom. The maximum absolute atomic E-state index is 13.3. The van der Waals surface area contributed by atoms with E-state index in [1.54, 1.807) is 41.2 Å². The van der Waals surface area contributed by atoms with E-state index in [0.717, 1.165) is 16.5 Å². The van der Waals surface area contributed by atoms with Crippen molar-refractivity contribution in [3.63, 3.8) is 0 Å². The standard InChI is InChI=1S/C23H14N4O2S2/c24-12-15-7-9-17(10-8-15)27-22(28)18-4-1-2-5-19(18)26-23(27)31-14-16-13-30-21(25-16)20-6-3-11-29-20/h1-11,13H,14H2. The lowest BCUT2D eigenvalue weighted by Gasteiger charge is -2.13. The second-order valence-electron chi connectivity index (χ2n) is 6.62. The third kappa shape index (κ3) is 3.77. The SMILES string of the molecule is N#Cc1ccc(-n2c(SCc3csc(-c4ccco4)n3)nc3ccccc3c2=O)cc1. The molecular weight excluding hydrogens is 428 g/mol. The van der Waals surface area contributed by atoms with Crippen molar-refractivity contribution in [3.8, 4) is 22.5 Å². The fourth-order valence-electron chi connectivity index (χ4n) is 3.15. The molecule has 0 fully saturated rings. The maximum Gasteiger partial charge on any atom is 0.266 e. The summed E-state index contributed by atoms with van der Waals surface area (Å²) in [4.78, 5) is 22.7. The predicted octanol–water partition coefficient (Wildman–Crippen LogP) is 5.27. The van der Waals surface area contributed by atoms with E-state index in [4.69, 9.17) is 14.7 Å². The van der Waals surface area contributed by atoms with Crippen molar-refractivity contribution < 1.29 is 4.42 Å². The second kappa shape index (κ2) is 8.22. The molecule has 0 amide bonds. The van der Waals surface area contributed by atoms with Crippen LogP contribution < -0.4 is 5.56 Å². The van der Waals surface area contributed by atoms with E-state index in [-0.39, 0.29) is 5.56 Å². The highest BCUT2D eigenvalue weighted by Gasteiger charge is 2.15. The summed E-state index contributed by atoms with van der Waals surface area (Å²) in [6.07, 6.45) is 1.63. The van der Waals surface area contributed by atoms with Gasteiger partial charge in [-0.2, -0.15) is 5.26 Å². The first-order chi connectivity index (χ1) is 15.2. The van der Waals surface area contributed by atoms with E-state index in [9.17, 15) is 4.79 Å². The molecule has 0 aliphatic carbocycles. The summed E-state index contributed by atoms with van der Waals surface area (Å²) in [6, 6.07) is 20.0. The topological polar surface area (TPSA) is 84.7 Å². The molecule has 0 N–H and O–H groups in total. The largest absolute Gasteiger partial charge is 0.462 e. The molecule has 0 saturated heterocycles. The van der Waals surface area contributed by atoms with Gasteiger partial charge in [0.1, 0.15) is 0 Å². The summed E-state index contributed by atoms with van der Waals surface area (Å²) in [5.41, 5.74) is 2.59. The highest BCUT2D eigenvalue weighted by molar-refractivity contribution is 7.98. The van der Waals surface area contributed by atoms with Crippen molar-refractivity contribution in [1.82, 2.24) is 14.5 Å². The number of thiazole rings is 1. The molecule has 8 heteroatoms. The number of nitrogens with zero attached hydrogens (tertiary/aromatic N) is 4. The molecule has 3 aromatic heterocycles. The van der Waals surface area contributed by atoms with E-state index in [1.807, 2.05) is 35.7 Å². The molecule has 6 nitrogen and oxygen atoms in total. The summed E-state index contributed by atoms with van der Waals surface area (Å²) in [7, 11) is 0. The van der Waals surface area contributed by atoms with Crippen molar-refractivity contribution >= 4 is 34.0 Å². The quantitative estimate of drug-likeness (QED) is 0.272. The number of furan rings is 1. The van der Waals surface area contributed by atoms with Gasteiger partial charge in [0.05, 0.1) is 40.2 Å². The third-order valence-electron chi connectivity index (χ3n) is 4.63. The maximum atomic E-state index is 13.3. The van der Waals surface area contributed by atoms with E-state index in [2.05, 4.69) is 11.1 Å². The minimum Gasteiger partial charge on any atom is -0.462 e. The minimum absolute atomic E-state index is 0.146. The van der Waals surface area contributed by atoms with E-state index in [0.29, 0.717) is 33.1 Å². The lowest BCUT2D eigenvalue weighted by Crippen LogP contribution is -2.21. The molecule has 2 aromatic carbocycles. The molecule has 0 spiro atoms. The van der Waals surface area contributed by atoms with Gasteiger partial charge >= 0.3 is 0 Å². The zero-order valence-corrected chi connectivity index (χ0v) is 17.7. The fraction of sp³-hybridized carbons (Fsp3) is 0.0435. The Morgan fingerprint density at radius 1 is 1.06 bits per heavy atom. The number of thioether (sulfide) groups is 1. The van der Waals surface area contributed by atoms with Gasteiger partial charge in [0.25, 0.3) is 5.56 Å². The van der Waals surface area contributed by atoms with Gasteiger partial charge < -0.3 is 4.42 Å². The predicted molar refractivity (Wildman–Crippen MR) is 121 cm³/mol. The first-order valence-corrected chi connectivity index (χ1v) is 11.2. The highest BCUT2D eigenvalue weighted by atomic mass is 32.2. The molecule has 31 heavy (non-hydrogen) atoms. The number of benzene rings is 2. The van der Waals surface area contributed by atoms with Crippen molar-refractivity contribution in [2.45, 2.75) is 10.9 Å². The number of para-hydroxylation sites is 1. The van der Waals surface area contributed by atoms with Gasteiger partial charge in [-0.1, -0.05) is 23.9 Å². The summed E-state index contributed by atoms with van der Waals surface area (Å²) >= 11 is 2.96. The molecule has 0 unspecified atom stereocenters. The lowest BCUT2D eigenvalue weighted by molar-refractivity contribution is 0.581. The number of nitriles is 1. The van der Waals surface area contributed by atoms with Gasteiger partial charge in [0, 0.05) is 11.1 Å². The molecule has 0 radical (unpaired) electrons. The Bertz CT molecular complexity index is 1460. The van der Waals surface area contributed by atoms with Crippen LogP contribution in [0.5, 0.6) is 0 Å². The molecule has 150 valence electrons. The van der Waals surface area contributed by atoms with Crippen LogP contribution in [0.15, 0.2) is 86.7 Å². The Morgan fingerprint density at radius 3 is 2.68 bits per heavy atom. The molecule has 0 atom stereocenters. The van der Waals surface area contributed by atoms with Gasteiger partial charge in [-0.15, -0.1) is 11.3 Å². The molecule has 3 heterocycles. The molecule has 0 aliphatic heterocycles. The van der Waals surface area contributed by atoms with E-state index >= 15 is 0 Å². The lowest BCUT2D eigenvalue weighted by atomic mass is 10.2. The molecular formula is C23H14N4O2S2. The Hall–Kier alpha value is -3.67. The van der Waals surface area contributed by atoms with Crippen LogP contribution in [0.4, 0.5) is 0 Å². The van der Waals surface area contributed by atoms with Gasteiger partial charge in [-0.3, -0.25) is 9.36 Å². The van der Waals surface area contributed by atoms with Gasteiger partial charge in [-0.25, -0.2) is 9.97 Å². The van der Waals surface area contributed by atoms with Gasteiger partial charge in [0.2, 0.25) is 0 Å². The van der Waals surface area contributed by atoms with Crippen LogP contribution in [0.2, 0.25) is 0 Å². The van der Waals surface area contributed by atoms with Gasteiger partial charge in [-0.05, 0) is 48.5 Å². The number of aromatic nitrogens is 3. The molecule has 5 aromatic rings. The van der Waals surface area contributed by atoms with Crippen LogP contribution in [0.3, 0.4) is 0 Å². The zero-order valence-electron chi connectivity index (χ0n) is 16.1. The molecule has 0 saturated carbocycles. The molecule has 5 rings (SSSR count). The summed E-state index contributed by atoms with van der Waals surface area (Å²) in [6.45, 7) is 0. The van der Waals surface area contributed by atoms with Crippen LogP contribution in [0.1, 0.15) is 11.3 Å². The van der Waals surface area contributed by atoms with E-state index in [1.165, 1.54) is 23.1 Å². The number of hydrogen-bond acceptors (Lipinski definition) is 7. The summed E-state index contributed by atoms with van der Waals surface area (Å²) in [5.74, 6) is 1.29. The highest BCUT2D eigenvalue weighted by Crippen LogP contribution is 2.29. The average molecular weight is 443 g/mol. The summed E-state index contributed by atoms with van der Waals surface area (Å²) in [5, 5.41) is 13.0.